The van der Waals surface area contributed by atoms with Crippen LogP contribution >= 0.6 is 11.3 Å². The van der Waals surface area contributed by atoms with E-state index in [-0.39, 0.29) is 11.8 Å². The molecule has 0 N–H and O–H groups in total. The van der Waals surface area contributed by atoms with Crippen molar-refractivity contribution >= 4 is 17.2 Å². The Labute approximate surface area is 147 Å². The molecule has 0 radical (unpaired) electrons. The van der Waals surface area contributed by atoms with Crippen molar-refractivity contribution < 1.29 is 18.0 Å². The zero-order valence-corrected chi connectivity index (χ0v) is 15.0. The summed E-state index contributed by atoms with van der Waals surface area (Å²) in [4.78, 5) is 22.8. The largest absolute Gasteiger partial charge is 0.434 e. The zero-order chi connectivity index (χ0) is 18.4. The highest BCUT2D eigenvalue weighted by molar-refractivity contribution is 7.13. The number of nitrogens with zero attached hydrogens (tertiary/aromatic N) is 4. The van der Waals surface area contributed by atoms with Gasteiger partial charge in [0.05, 0.1) is 10.7 Å². The van der Waals surface area contributed by atoms with Gasteiger partial charge in [-0.3, -0.25) is 4.79 Å². The Morgan fingerprint density at radius 1 is 1.40 bits per heavy atom. The summed E-state index contributed by atoms with van der Waals surface area (Å²) in [7, 11) is 1.72. The molecule has 1 aliphatic heterocycles. The van der Waals surface area contributed by atoms with E-state index in [1.54, 1.807) is 16.5 Å². The number of amides is 1. The van der Waals surface area contributed by atoms with Gasteiger partial charge in [-0.05, 0) is 26.2 Å². The number of carbonyl (C=O) groups excluding carboxylic acids is 1. The lowest BCUT2D eigenvalue weighted by Crippen LogP contribution is -2.35. The van der Waals surface area contributed by atoms with Gasteiger partial charge in [-0.25, -0.2) is 9.97 Å². The van der Waals surface area contributed by atoms with Gasteiger partial charge < -0.3 is 9.47 Å². The molecule has 25 heavy (non-hydrogen) atoms. The third kappa shape index (κ3) is 3.70. The molecule has 0 aliphatic carbocycles. The van der Waals surface area contributed by atoms with Crippen LogP contribution in [-0.2, 0) is 19.1 Å². The molecule has 2 aromatic rings. The highest BCUT2D eigenvalue weighted by atomic mass is 32.1. The number of carbonyl (C=O) groups is 1. The maximum Gasteiger partial charge on any atom is 0.434 e. The van der Waals surface area contributed by atoms with Crippen molar-refractivity contribution in [1.29, 1.82) is 0 Å². The van der Waals surface area contributed by atoms with Gasteiger partial charge in [0.25, 0.3) is 5.91 Å². The number of rotatable bonds is 3. The minimum atomic E-state index is -4.42. The first-order valence-electron chi connectivity index (χ1n) is 7.98. The molecule has 1 unspecified atom stereocenters. The van der Waals surface area contributed by atoms with E-state index >= 15 is 0 Å². The van der Waals surface area contributed by atoms with Crippen molar-refractivity contribution in [3.63, 3.8) is 0 Å². The van der Waals surface area contributed by atoms with Crippen LogP contribution in [0.25, 0.3) is 0 Å². The van der Waals surface area contributed by atoms with Crippen LogP contribution in [0.3, 0.4) is 0 Å². The number of imidazole rings is 1. The van der Waals surface area contributed by atoms with Gasteiger partial charge in [-0.1, -0.05) is 0 Å². The molecule has 0 spiro atoms. The van der Waals surface area contributed by atoms with Crippen molar-refractivity contribution in [1.82, 2.24) is 19.4 Å². The van der Waals surface area contributed by atoms with Crippen LogP contribution in [0.2, 0.25) is 0 Å². The fraction of sp³-hybridized carbons (Fsp3) is 0.562. The van der Waals surface area contributed by atoms with Crippen molar-refractivity contribution in [2.24, 2.45) is 5.92 Å². The Balaban J connectivity index is 1.67. The SMILES string of the molecule is Cc1nc(C)c(C(=O)N(C)CC2CCc3nc(C(F)(F)F)cn3C2)s1. The highest BCUT2D eigenvalue weighted by Crippen LogP contribution is 2.31. The van der Waals surface area contributed by atoms with Crippen molar-refractivity contribution in [2.45, 2.75) is 39.4 Å². The third-order valence-electron chi connectivity index (χ3n) is 4.36. The van der Waals surface area contributed by atoms with Crippen molar-refractivity contribution in [2.75, 3.05) is 13.6 Å². The molecular weight excluding hydrogens is 353 g/mol. The predicted octanol–water partition coefficient (Wildman–Crippen LogP) is 3.31. The summed E-state index contributed by atoms with van der Waals surface area (Å²) >= 11 is 1.36. The quantitative estimate of drug-likeness (QED) is 0.831. The van der Waals surface area contributed by atoms with Crippen LogP contribution in [0, 0.1) is 19.8 Å². The normalized spacial score (nSPS) is 17.4. The summed E-state index contributed by atoms with van der Waals surface area (Å²) in [5, 5.41) is 0.842. The predicted molar refractivity (Wildman–Crippen MR) is 87.6 cm³/mol. The Morgan fingerprint density at radius 2 is 2.12 bits per heavy atom. The molecule has 3 rings (SSSR count). The summed E-state index contributed by atoms with van der Waals surface area (Å²) in [5.74, 6) is 0.480. The lowest BCUT2D eigenvalue weighted by Gasteiger charge is -2.28. The van der Waals surface area contributed by atoms with Gasteiger partial charge in [0, 0.05) is 32.8 Å². The van der Waals surface area contributed by atoms with Crippen LogP contribution in [-0.4, -0.2) is 38.9 Å². The van der Waals surface area contributed by atoms with Gasteiger partial charge in [0.15, 0.2) is 5.69 Å². The molecule has 136 valence electrons. The number of thiazole rings is 1. The maximum absolute atomic E-state index is 12.8. The zero-order valence-electron chi connectivity index (χ0n) is 14.2. The van der Waals surface area contributed by atoms with E-state index in [0.717, 1.165) is 16.9 Å². The molecule has 3 heterocycles. The Kier molecular flexibility index (Phi) is 4.61. The van der Waals surface area contributed by atoms with Crippen molar-refractivity contribution in [3.8, 4) is 0 Å². The van der Waals surface area contributed by atoms with Gasteiger partial charge in [0.2, 0.25) is 0 Å². The second-order valence-electron chi connectivity index (χ2n) is 6.43. The van der Waals surface area contributed by atoms with E-state index < -0.39 is 11.9 Å². The van der Waals surface area contributed by atoms with E-state index in [0.29, 0.717) is 36.6 Å². The molecule has 2 aromatic heterocycles. The average molecular weight is 372 g/mol. The minimum absolute atomic E-state index is 0.0875. The summed E-state index contributed by atoms with van der Waals surface area (Å²) in [6, 6.07) is 0. The first-order valence-corrected chi connectivity index (χ1v) is 8.79. The number of aryl methyl sites for hydroxylation is 3. The second kappa shape index (κ2) is 6.44. The molecule has 0 bridgehead atoms. The summed E-state index contributed by atoms with van der Waals surface area (Å²) in [5.41, 5.74) is -0.127. The number of hydrogen-bond acceptors (Lipinski definition) is 4. The molecule has 0 fully saturated rings. The standard InChI is InChI=1S/C16H19F3N4OS/c1-9-14(25-10(2)20-9)15(24)22(3)6-11-4-5-13-21-12(16(17,18)19)8-23(13)7-11/h8,11H,4-7H2,1-3H3. The number of hydrogen-bond donors (Lipinski definition) is 0. The molecule has 1 atom stereocenters. The van der Waals surface area contributed by atoms with E-state index in [9.17, 15) is 18.0 Å². The van der Waals surface area contributed by atoms with E-state index in [2.05, 4.69) is 9.97 Å². The Morgan fingerprint density at radius 3 is 2.72 bits per heavy atom. The van der Waals surface area contributed by atoms with Crippen molar-refractivity contribution in [3.05, 3.63) is 33.3 Å². The Bertz CT molecular complexity index is 796. The van der Waals surface area contributed by atoms with E-state index in [4.69, 9.17) is 0 Å². The molecule has 1 amide bonds. The van der Waals surface area contributed by atoms with Gasteiger partial charge >= 0.3 is 6.18 Å². The van der Waals surface area contributed by atoms with Crippen LogP contribution < -0.4 is 0 Å². The summed E-state index contributed by atoms with van der Waals surface area (Å²) < 4.78 is 39.9. The van der Waals surface area contributed by atoms with E-state index in [1.165, 1.54) is 11.3 Å². The smallest absolute Gasteiger partial charge is 0.341 e. The number of halogens is 3. The number of aromatic nitrogens is 3. The fourth-order valence-electron chi connectivity index (χ4n) is 3.17. The molecule has 5 nitrogen and oxygen atoms in total. The first-order chi connectivity index (χ1) is 11.6. The van der Waals surface area contributed by atoms with Gasteiger partial charge in [-0.15, -0.1) is 11.3 Å². The minimum Gasteiger partial charge on any atom is -0.341 e. The molecular formula is C16H19F3N4OS. The number of fused-ring (bicyclic) bond motifs is 1. The molecule has 1 aliphatic rings. The average Bonchev–Trinajstić information content (AvgIpc) is 3.08. The molecule has 0 saturated carbocycles. The Hall–Kier alpha value is -1.90. The molecule has 0 aromatic carbocycles. The van der Waals surface area contributed by atoms with Crippen LogP contribution in [0.15, 0.2) is 6.20 Å². The number of alkyl halides is 3. The summed E-state index contributed by atoms with van der Waals surface area (Å²) in [6.45, 7) is 4.60. The van der Waals surface area contributed by atoms with E-state index in [1.807, 2.05) is 13.8 Å². The second-order valence-corrected chi connectivity index (χ2v) is 7.63. The topological polar surface area (TPSA) is 51.0 Å². The first kappa shape index (κ1) is 17.9. The van der Waals surface area contributed by atoms with Crippen LogP contribution in [0.1, 0.15) is 38.3 Å². The fourth-order valence-corrected chi connectivity index (χ4v) is 4.09. The van der Waals surface area contributed by atoms with Crippen LogP contribution in [0.5, 0.6) is 0 Å². The third-order valence-corrected chi connectivity index (χ3v) is 5.42. The lowest BCUT2D eigenvalue weighted by atomic mass is 9.99. The monoisotopic (exact) mass is 372 g/mol. The van der Waals surface area contributed by atoms with Gasteiger partial charge in [0.1, 0.15) is 10.7 Å². The summed E-state index contributed by atoms with van der Waals surface area (Å²) in [6.07, 6.45) is -2.15. The lowest BCUT2D eigenvalue weighted by molar-refractivity contribution is -0.141. The molecule has 9 heteroatoms. The van der Waals surface area contributed by atoms with Gasteiger partial charge in [-0.2, -0.15) is 13.2 Å². The molecule has 0 saturated heterocycles. The maximum atomic E-state index is 12.8. The highest BCUT2D eigenvalue weighted by Gasteiger charge is 2.36. The van der Waals surface area contributed by atoms with Crippen LogP contribution in [0.4, 0.5) is 13.2 Å².